The topological polar surface area (TPSA) is 38.0 Å². The summed E-state index contributed by atoms with van der Waals surface area (Å²) in [5.74, 6) is 0. The summed E-state index contributed by atoms with van der Waals surface area (Å²) in [6.45, 7) is 4.59. The van der Waals surface area contributed by atoms with Crippen LogP contribution in [0.15, 0.2) is 24.3 Å². The van der Waals surface area contributed by atoms with Crippen molar-refractivity contribution in [3.8, 4) is 0 Å². The molecule has 0 saturated carbocycles. The van der Waals surface area contributed by atoms with E-state index in [0.29, 0.717) is 22.2 Å². The van der Waals surface area contributed by atoms with Crippen molar-refractivity contribution in [3.63, 3.8) is 0 Å². The third-order valence-electron chi connectivity index (χ3n) is 2.77. The van der Waals surface area contributed by atoms with Gasteiger partial charge in [0.15, 0.2) is 0 Å². The number of aliphatic hydroxyl groups is 1. The molecule has 0 amide bonds. The molecule has 0 saturated heterocycles. The predicted octanol–water partition coefficient (Wildman–Crippen LogP) is 3.60. The fourth-order valence-electron chi connectivity index (χ4n) is 1.89. The van der Waals surface area contributed by atoms with Gasteiger partial charge in [0.05, 0.1) is 21.4 Å². The Hall–Kier alpha value is -1.03. The van der Waals surface area contributed by atoms with Crippen LogP contribution in [-0.4, -0.2) is 14.9 Å². The molecule has 0 bridgehead atoms. The summed E-state index contributed by atoms with van der Waals surface area (Å²) >= 11 is 11.8. The zero-order chi connectivity index (χ0) is 13.3. The number of aromatic nitrogens is 2. The lowest BCUT2D eigenvalue weighted by Crippen LogP contribution is -2.09. The van der Waals surface area contributed by atoms with E-state index in [-0.39, 0.29) is 0 Å². The van der Waals surface area contributed by atoms with E-state index in [1.165, 1.54) is 0 Å². The Morgan fingerprint density at radius 3 is 2.61 bits per heavy atom. The Morgan fingerprint density at radius 2 is 2.00 bits per heavy atom. The van der Waals surface area contributed by atoms with Gasteiger partial charge in [-0.25, -0.2) is 0 Å². The van der Waals surface area contributed by atoms with E-state index in [2.05, 4.69) is 5.10 Å². The van der Waals surface area contributed by atoms with Crippen LogP contribution in [-0.2, 0) is 6.54 Å². The first-order valence-electron chi connectivity index (χ1n) is 5.70. The van der Waals surface area contributed by atoms with Gasteiger partial charge in [0.1, 0.15) is 6.10 Å². The van der Waals surface area contributed by atoms with Crippen molar-refractivity contribution in [1.29, 1.82) is 0 Å². The summed E-state index contributed by atoms with van der Waals surface area (Å²) in [6.07, 6.45) is -0.749. The molecular formula is C13H14Cl2N2O. The Bertz CT molecular complexity index is 566. The van der Waals surface area contributed by atoms with Crippen molar-refractivity contribution in [2.75, 3.05) is 0 Å². The fraction of sp³-hybridized carbons (Fsp3) is 0.308. The minimum absolute atomic E-state index is 0.438. The molecule has 0 aliphatic heterocycles. The number of aryl methyl sites for hydroxylation is 2. The smallest absolute Gasteiger partial charge is 0.121 e. The lowest BCUT2D eigenvalue weighted by molar-refractivity contribution is 0.208. The van der Waals surface area contributed by atoms with Gasteiger partial charge in [-0.1, -0.05) is 29.3 Å². The molecule has 1 N–H and O–H groups in total. The predicted molar refractivity (Wildman–Crippen MR) is 73.2 cm³/mol. The van der Waals surface area contributed by atoms with E-state index in [1.807, 2.05) is 19.9 Å². The first-order chi connectivity index (χ1) is 8.52. The van der Waals surface area contributed by atoms with Crippen molar-refractivity contribution in [2.24, 2.45) is 0 Å². The molecule has 18 heavy (non-hydrogen) atoms. The van der Waals surface area contributed by atoms with Gasteiger partial charge < -0.3 is 5.11 Å². The van der Waals surface area contributed by atoms with E-state index in [0.717, 1.165) is 11.4 Å². The molecular weight excluding hydrogens is 271 g/mol. The van der Waals surface area contributed by atoms with Gasteiger partial charge in [-0.15, -0.1) is 0 Å². The summed E-state index contributed by atoms with van der Waals surface area (Å²) in [5.41, 5.74) is 2.35. The lowest BCUT2D eigenvalue weighted by atomic mass is 10.1. The van der Waals surface area contributed by atoms with Crippen molar-refractivity contribution in [2.45, 2.75) is 26.5 Å². The second-order valence-corrected chi connectivity index (χ2v) is 4.92. The third-order valence-corrected chi connectivity index (χ3v) is 3.51. The molecule has 1 atom stereocenters. The van der Waals surface area contributed by atoms with Crippen LogP contribution in [0.1, 0.15) is 30.0 Å². The van der Waals surface area contributed by atoms with E-state index in [9.17, 15) is 5.11 Å². The Morgan fingerprint density at radius 1 is 1.28 bits per heavy atom. The second-order valence-electron chi connectivity index (χ2n) is 4.10. The standard InChI is InChI=1S/C13H14Cl2N2O/c1-3-17-12(6-8(2)16-17)13(18)9-4-5-10(14)11(15)7-9/h4-7,13,18H,3H2,1-2H3. The Labute approximate surface area is 116 Å². The quantitative estimate of drug-likeness (QED) is 0.935. The van der Waals surface area contributed by atoms with Gasteiger partial charge in [-0.3, -0.25) is 4.68 Å². The number of hydrogen-bond donors (Lipinski definition) is 1. The molecule has 1 heterocycles. The lowest BCUT2D eigenvalue weighted by Gasteiger charge is -2.13. The number of benzene rings is 1. The first-order valence-corrected chi connectivity index (χ1v) is 6.46. The molecule has 3 nitrogen and oxygen atoms in total. The number of rotatable bonds is 3. The average Bonchev–Trinajstić information content (AvgIpc) is 2.73. The van der Waals surface area contributed by atoms with Crippen LogP contribution in [0.25, 0.3) is 0 Å². The molecule has 0 aliphatic rings. The van der Waals surface area contributed by atoms with Gasteiger partial charge in [0.25, 0.3) is 0 Å². The molecule has 1 aromatic carbocycles. The highest BCUT2D eigenvalue weighted by atomic mass is 35.5. The van der Waals surface area contributed by atoms with Crippen molar-refractivity contribution >= 4 is 23.2 Å². The van der Waals surface area contributed by atoms with Gasteiger partial charge in [0.2, 0.25) is 0 Å². The van der Waals surface area contributed by atoms with E-state index in [4.69, 9.17) is 23.2 Å². The molecule has 2 aromatic rings. The van der Waals surface area contributed by atoms with E-state index >= 15 is 0 Å². The number of hydrogen-bond acceptors (Lipinski definition) is 2. The Kier molecular flexibility index (Phi) is 3.95. The fourth-order valence-corrected chi connectivity index (χ4v) is 2.20. The molecule has 96 valence electrons. The minimum Gasteiger partial charge on any atom is -0.382 e. The van der Waals surface area contributed by atoms with Crippen molar-refractivity contribution in [3.05, 3.63) is 51.3 Å². The average molecular weight is 285 g/mol. The van der Waals surface area contributed by atoms with Crippen LogP contribution in [0.4, 0.5) is 0 Å². The van der Waals surface area contributed by atoms with Gasteiger partial charge in [-0.2, -0.15) is 5.10 Å². The molecule has 5 heteroatoms. The molecule has 0 spiro atoms. The second kappa shape index (κ2) is 5.31. The normalized spacial score (nSPS) is 12.7. The summed E-state index contributed by atoms with van der Waals surface area (Å²) in [4.78, 5) is 0. The Balaban J connectivity index is 2.40. The third kappa shape index (κ3) is 2.53. The zero-order valence-corrected chi connectivity index (χ0v) is 11.7. The maximum Gasteiger partial charge on any atom is 0.121 e. The molecule has 1 aromatic heterocycles. The number of halogens is 2. The molecule has 2 rings (SSSR count). The summed E-state index contributed by atoms with van der Waals surface area (Å²) < 4.78 is 1.78. The van der Waals surface area contributed by atoms with E-state index in [1.54, 1.807) is 22.9 Å². The largest absolute Gasteiger partial charge is 0.382 e. The minimum atomic E-state index is -0.749. The van der Waals surface area contributed by atoms with Crippen LogP contribution >= 0.6 is 23.2 Å². The summed E-state index contributed by atoms with van der Waals surface area (Å²) in [7, 11) is 0. The van der Waals surface area contributed by atoms with Crippen LogP contribution < -0.4 is 0 Å². The SMILES string of the molecule is CCn1nc(C)cc1C(O)c1ccc(Cl)c(Cl)c1. The van der Waals surface area contributed by atoms with Gasteiger partial charge >= 0.3 is 0 Å². The maximum absolute atomic E-state index is 10.4. The zero-order valence-electron chi connectivity index (χ0n) is 10.2. The van der Waals surface area contributed by atoms with Crippen LogP contribution in [0, 0.1) is 6.92 Å². The van der Waals surface area contributed by atoms with Crippen LogP contribution in [0.3, 0.4) is 0 Å². The maximum atomic E-state index is 10.4. The molecule has 0 fully saturated rings. The number of aliphatic hydroxyl groups excluding tert-OH is 1. The van der Waals surface area contributed by atoms with Crippen LogP contribution in [0.5, 0.6) is 0 Å². The molecule has 0 aliphatic carbocycles. The summed E-state index contributed by atoms with van der Waals surface area (Å²) in [5, 5.41) is 15.6. The monoisotopic (exact) mass is 284 g/mol. The highest BCUT2D eigenvalue weighted by Gasteiger charge is 2.17. The number of nitrogens with zero attached hydrogens (tertiary/aromatic N) is 2. The van der Waals surface area contributed by atoms with E-state index < -0.39 is 6.10 Å². The highest BCUT2D eigenvalue weighted by molar-refractivity contribution is 6.42. The summed E-state index contributed by atoms with van der Waals surface area (Å²) in [6, 6.07) is 7.00. The van der Waals surface area contributed by atoms with Crippen molar-refractivity contribution in [1.82, 2.24) is 9.78 Å². The van der Waals surface area contributed by atoms with Gasteiger partial charge in [-0.05, 0) is 37.6 Å². The van der Waals surface area contributed by atoms with Crippen LogP contribution in [0.2, 0.25) is 10.0 Å². The van der Waals surface area contributed by atoms with Gasteiger partial charge in [0, 0.05) is 6.54 Å². The molecule has 0 radical (unpaired) electrons. The molecule has 1 unspecified atom stereocenters. The first kappa shape index (κ1) is 13.4. The van der Waals surface area contributed by atoms with Crippen molar-refractivity contribution < 1.29 is 5.11 Å². The highest BCUT2D eigenvalue weighted by Crippen LogP contribution is 2.29.